The molecule has 4 nitrogen and oxygen atoms in total. The van der Waals surface area contributed by atoms with Crippen molar-refractivity contribution in [1.82, 2.24) is 5.32 Å². The quantitative estimate of drug-likeness (QED) is 0.795. The molecular formula is C17H27NO3. The average molecular weight is 293 g/mol. The third-order valence-electron chi connectivity index (χ3n) is 4.68. The number of nitrogens with one attached hydrogen (secondary N) is 1. The Kier molecular flexibility index (Phi) is 4.99. The van der Waals surface area contributed by atoms with Crippen LogP contribution in [0.1, 0.15) is 44.7 Å². The number of rotatable bonds is 8. The van der Waals surface area contributed by atoms with Gasteiger partial charge in [-0.1, -0.05) is 6.92 Å². The highest BCUT2D eigenvalue weighted by Gasteiger charge is 2.40. The maximum absolute atomic E-state index is 5.42. The maximum atomic E-state index is 5.42. The van der Waals surface area contributed by atoms with Gasteiger partial charge in [-0.3, -0.25) is 0 Å². The standard InChI is InChI=1S/C17H27NO3/c1-6-17(7-8-17)11-18-12(2)13-9-14(19-3)16(21-5)15(10-13)20-4/h9-10,12,18H,6-8,11H2,1-5H3. The Hall–Kier alpha value is -1.42. The smallest absolute Gasteiger partial charge is 0.203 e. The van der Waals surface area contributed by atoms with E-state index in [4.69, 9.17) is 14.2 Å². The van der Waals surface area contributed by atoms with Crippen molar-refractivity contribution in [3.8, 4) is 17.2 Å². The third-order valence-corrected chi connectivity index (χ3v) is 4.68. The summed E-state index contributed by atoms with van der Waals surface area (Å²) in [6.07, 6.45) is 3.94. The molecule has 1 atom stereocenters. The molecule has 0 saturated heterocycles. The molecule has 1 aromatic carbocycles. The Morgan fingerprint density at radius 1 is 1.10 bits per heavy atom. The fourth-order valence-electron chi connectivity index (χ4n) is 2.67. The van der Waals surface area contributed by atoms with Crippen LogP contribution in [-0.2, 0) is 0 Å². The van der Waals surface area contributed by atoms with Gasteiger partial charge in [0, 0.05) is 12.6 Å². The first-order chi connectivity index (χ1) is 10.1. The highest BCUT2D eigenvalue weighted by Crippen LogP contribution is 2.48. The number of ether oxygens (including phenoxy) is 3. The molecule has 1 unspecified atom stereocenters. The molecule has 0 aromatic heterocycles. The molecular weight excluding hydrogens is 266 g/mol. The molecule has 0 bridgehead atoms. The topological polar surface area (TPSA) is 39.7 Å². The van der Waals surface area contributed by atoms with Crippen LogP contribution in [0.3, 0.4) is 0 Å². The van der Waals surface area contributed by atoms with Gasteiger partial charge in [0.2, 0.25) is 5.75 Å². The van der Waals surface area contributed by atoms with Gasteiger partial charge in [-0.15, -0.1) is 0 Å². The molecule has 118 valence electrons. The molecule has 2 rings (SSSR count). The van der Waals surface area contributed by atoms with Crippen LogP contribution in [0, 0.1) is 5.41 Å². The van der Waals surface area contributed by atoms with Crippen LogP contribution in [0.5, 0.6) is 17.2 Å². The van der Waals surface area contributed by atoms with Crippen molar-refractivity contribution in [2.75, 3.05) is 27.9 Å². The SMILES string of the molecule is CCC1(CNC(C)c2cc(OC)c(OC)c(OC)c2)CC1. The number of hydrogen-bond acceptors (Lipinski definition) is 4. The zero-order valence-electron chi connectivity index (χ0n) is 13.8. The summed E-state index contributed by atoms with van der Waals surface area (Å²) in [5.41, 5.74) is 1.69. The van der Waals surface area contributed by atoms with E-state index in [2.05, 4.69) is 19.2 Å². The van der Waals surface area contributed by atoms with Gasteiger partial charge < -0.3 is 19.5 Å². The summed E-state index contributed by atoms with van der Waals surface area (Å²) in [6.45, 7) is 5.52. The van der Waals surface area contributed by atoms with Crippen molar-refractivity contribution in [2.24, 2.45) is 5.41 Å². The second-order valence-corrected chi connectivity index (χ2v) is 5.91. The van der Waals surface area contributed by atoms with Gasteiger partial charge in [-0.25, -0.2) is 0 Å². The molecule has 0 spiro atoms. The Labute approximate surface area is 127 Å². The summed E-state index contributed by atoms with van der Waals surface area (Å²) in [4.78, 5) is 0. The highest BCUT2D eigenvalue weighted by atomic mass is 16.5. The number of methoxy groups -OCH3 is 3. The van der Waals surface area contributed by atoms with Gasteiger partial charge in [0.15, 0.2) is 11.5 Å². The number of benzene rings is 1. The second kappa shape index (κ2) is 6.56. The summed E-state index contributed by atoms with van der Waals surface area (Å²) in [7, 11) is 4.92. The summed E-state index contributed by atoms with van der Waals surface area (Å²) in [5.74, 6) is 2.05. The predicted octanol–water partition coefficient (Wildman–Crippen LogP) is 3.55. The average Bonchev–Trinajstić information content (AvgIpc) is 3.31. The lowest BCUT2D eigenvalue weighted by molar-refractivity contribution is 0.322. The Balaban J connectivity index is 2.14. The molecule has 1 aromatic rings. The number of hydrogen-bond donors (Lipinski definition) is 1. The van der Waals surface area contributed by atoms with E-state index in [9.17, 15) is 0 Å². The maximum Gasteiger partial charge on any atom is 0.203 e. The lowest BCUT2D eigenvalue weighted by Gasteiger charge is -2.21. The predicted molar refractivity (Wildman–Crippen MR) is 84.5 cm³/mol. The van der Waals surface area contributed by atoms with Crippen LogP contribution in [-0.4, -0.2) is 27.9 Å². The zero-order valence-corrected chi connectivity index (χ0v) is 13.8. The van der Waals surface area contributed by atoms with Crippen LogP contribution in [0.4, 0.5) is 0 Å². The molecule has 0 aliphatic heterocycles. The van der Waals surface area contributed by atoms with Gasteiger partial charge in [-0.05, 0) is 49.3 Å². The van der Waals surface area contributed by atoms with Gasteiger partial charge in [0.1, 0.15) is 0 Å². The van der Waals surface area contributed by atoms with Crippen molar-refractivity contribution < 1.29 is 14.2 Å². The van der Waals surface area contributed by atoms with Crippen molar-refractivity contribution in [1.29, 1.82) is 0 Å². The van der Waals surface area contributed by atoms with Gasteiger partial charge >= 0.3 is 0 Å². The molecule has 0 heterocycles. The van der Waals surface area contributed by atoms with Gasteiger partial charge in [-0.2, -0.15) is 0 Å². The molecule has 21 heavy (non-hydrogen) atoms. The lowest BCUT2D eigenvalue weighted by Crippen LogP contribution is -2.26. The van der Waals surface area contributed by atoms with E-state index in [1.54, 1.807) is 21.3 Å². The van der Waals surface area contributed by atoms with E-state index in [1.165, 1.54) is 19.3 Å². The molecule has 1 aliphatic rings. The van der Waals surface area contributed by atoms with Gasteiger partial charge in [0.05, 0.1) is 21.3 Å². The molecule has 1 saturated carbocycles. The van der Waals surface area contributed by atoms with E-state index in [1.807, 2.05) is 12.1 Å². The first-order valence-electron chi connectivity index (χ1n) is 7.62. The fourth-order valence-corrected chi connectivity index (χ4v) is 2.67. The van der Waals surface area contributed by atoms with Crippen LogP contribution in [0.15, 0.2) is 12.1 Å². The van der Waals surface area contributed by atoms with Crippen LogP contribution >= 0.6 is 0 Å². The molecule has 1 fully saturated rings. The monoisotopic (exact) mass is 293 g/mol. The highest BCUT2D eigenvalue weighted by molar-refractivity contribution is 5.54. The first kappa shape index (κ1) is 16.0. The van der Waals surface area contributed by atoms with Crippen molar-refractivity contribution in [3.05, 3.63) is 17.7 Å². The van der Waals surface area contributed by atoms with Crippen LogP contribution in [0.2, 0.25) is 0 Å². The van der Waals surface area contributed by atoms with E-state index in [0.29, 0.717) is 22.7 Å². The van der Waals surface area contributed by atoms with E-state index >= 15 is 0 Å². The summed E-state index contributed by atoms with van der Waals surface area (Å²) in [5, 5.41) is 3.64. The minimum atomic E-state index is 0.253. The van der Waals surface area contributed by atoms with E-state index in [-0.39, 0.29) is 6.04 Å². The zero-order chi connectivity index (χ0) is 15.5. The van der Waals surface area contributed by atoms with Crippen LogP contribution in [0.25, 0.3) is 0 Å². The molecule has 0 radical (unpaired) electrons. The third kappa shape index (κ3) is 3.43. The molecule has 1 N–H and O–H groups in total. The first-order valence-corrected chi connectivity index (χ1v) is 7.62. The van der Waals surface area contributed by atoms with Crippen molar-refractivity contribution in [3.63, 3.8) is 0 Å². The Morgan fingerprint density at radius 3 is 2.05 bits per heavy atom. The summed E-state index contributed by atoms with van der Waals surface area (Å²) in [6, 6.07) is 4.29. The Bertz CT molecular complexity index is 458. The molecule has 0 amide bonds. The molecule has 4 heteroatoms. The van der Waals surface area contributed by atoms with Crippen molar-refractivity contribution >= 4 is 0 Å². The Morgan fingerprint density at radius 2 is 1.67 bits per heavy atom. The van der Waals surface area contributed by atoms with E-state index < -0.39 is 0 Å². The summed E-state index contributed by atoms with van der Waals surface area (Å²) < 4.78 is 16.2. The van der Waals surface area contributed by atoms with Crippen molar-refractivity contribution in [2.45, 2.75) is 39.2 Å². The molecule has 1 aliphatic carbocycles. The minimum Gasteiger partial charge on any atom is -0.493 e. The largest absolute Gasteiger partial charge is 0.493 e. The van der Waals surface area contributed by atoms with Crippen LogP contribution < -0.4 is 19.5 Å². The van der Waals surface area contributed by atoms with E-state index in [0.717, 1.165) is 12.1 Å². The minimum absolute atomic E-state index is 0.253. The van der Waals surface area contributed by atoms with Gasteiger partial charge in [0.25, 0.3) is 0 Å². The normalized spacial score (nSPS) is 17.2. The lowest BCUT2D eigenvalue weighted by atomic mass is 10.0. The summed E-state index contributed by atoms with van der Waals surface area (Å²) >= 11 is 0. The second-order valence-electron chi connectivity index (χ2n) is 5.91. The fraction of sp³-hybridized carbons (Fsp3) is 0.647.